The van der Waals surface area contributed by atoms with Gasteiger partial charge < -0.3 is 4.90 Å². The molecule has 98 valence electrons. The molecule has 0 heterocycles. The largest absolute Gasteiger partial charge is 0.341 e. The van der Waals surface area contributed by atoms with E-state index in [1.165, 1.54) is 4.90 Å². The molecule has 2 atom stereocenters. The maximum Gasteiger partial charge on any atom is 0.253 e. The second kappa shape index (κ2) is 4.63. The molecule has 1 saturated carbocycles. The topological polar surface area (TPSA) is 20.3 Å². The summed E-state index contributed by atoms with van der Waals surface area (Å²) in [5, 5.41) is 0. The van der Waals surface area contributed by atoms with Crippen molar-refractivity contribution in [3.05, 3.63) is 35.1 Å². The minimum absolute atomic E-state index is 0.165. The smallest absolute Gasteiger partial charge is 0.253 e. The van der Waals surface area contributed by atoms with Gasteiger partial charge in [0.1, 0.15) is 0 Å². The molecule has 0 bridgehead atoms. The Balaban J connectivity index is 2.13. The Morgan fingerprint density at radius 1 is 1.33 bits per heavy atom. The lowest BCUT2D eigenvalue weighted by molar-refractivity contribution is 0.0785. The van der Waals surface area contributed by atoms with Crippen LogP contribution < -0.4 is 0 Å². The molecule has 0 saturated heterocycles. The van der Waals surface area contributed by atoms with Crippen LogP contribution in [0.25, 0.3) is 0 Å². The van der Waals surface area contributed by atoms with Crippen LogP contribution in [0.4, 0.5) is 13.2 Å². The average molecular weight is 257 g/mol. The fourth-order valence-corrected chi connectivity index (χ4v) is 1.99. The Morgan fingerprint density at radius 2 is 1.83 bits per heavy atom. The zero-order chi connectivity index (χ0) is 13.4. The first kappa shape index (κ1) is 12.9. The van der Waals surface area contributed by atoms with Gasteiger partial charge in [-0.25, -0.2) is 13.2 Å². The standard InChI is InChI=1S/C13H14F3NO/c1-7-3-9(7)6-17(2)13(18)8-4-10(14)12(16)11(15)5-8/h4-5,7,9H,3,6H2,1-2H3. The van der Waals surface area contributed by atoms with Crippen LogP contribution in [0.3, 0.4) is 0 Å². The molecule has 0 N–H and O–H groups in total. The molecular weight excluding hydrogens is 243 g/mol. The zero-order valence-corrected chi connectivity index (χ0v) is 10.2. The quantitative estimate of drug-likeness (QED) is 0.762. The summed E-state index contributed by atoms with van der Waals surface area (Å²) in [6, 6.07) is 1.46. The van der Waals surface area contributed by atoms with Crippen LogP contribution >= 0.6 is 0 Å². The molecule has 0 spiro atoms. The third-order valence-electron chi connectivity index (χ3n) is 3.36. The normalized spacial score (nSPS) is 21.8. The predicted octanol–water partition coefficient (Wildman–Crippen LogP) is 2.83. The van der Waals surface area contributed by atoms with E-state index < -0.39 is 23.4 Å². The van der Waals surface area contributed by atoms with E-state index in [9.17, 15) is 18.0 Å². The molecule has 1 fully saturated rings. The van der Waals surface area contributed by atoms with Crippen LogP contribution in [0.5, 0.6) is 0 Å². The lowest BCUT2D eigenvalue weighted by Gasteiger charge is -2.17. The number of carbonyl (C=O) groups excluding carboxylic acids is 1. The van der Waals surface area contributed by atoms with Crippen molar-refractivity contribution in [2.75, 3.05) is 13.6 Å². The monoisotopic (exact) mass is 257 g/mol. The molecule has 0 aliphatic heterocycles. The van der Waals surface area contributed by atoms with E-state index in [-0.39, 0.29) is 5.56 Å². The summed E-state index contributed by atoms with van der Waals surface area (Å²) in [5.41, 5.74) is -0.165. The summed E-state index contributed by atoms with van der Waals surface area (Å²) in [4.78, 5) is 13.3. The summed E-state index contributed by atoms with van der Waals surface area (Å²) < 4.78 is 38.8. The fourth-order valence-electron chi connectivity index (χ4n) is 1.99. The van der Waals surface area contributed by atoms with E-state index in [4.69, 9.17) is 0 Å². The van der Waals surface area contributed by atoms with E-state index in [0.29, 0.717) is 18.4 Å². The Hall–Kier alpha value is -1.52. The van der Waals surface area contributed by atoms with Gasteiger partial charge in [0.15, 0.2) is 17.5 Å². The van der Waals surface area contributed by atoms with E-state index in [1.807, 2.05) is 0 Å². The number of hydrogen-bond donors (Lipinski definition) is 0. The first-order valence-corrected chi connectivity index (χ1v) is 5.80. The van der Waals surface area contributed by atoms with Gasteiger partial charge >= 0.3 is 0 Å². The van der Waals surface area contributed by atoms with Crippen molar-refractivity contribution in [2.24, 2.45) is 11.8 Å². The lowest BCUT2D eigenvalue weighted by atomic mass is 10.1. The highest BCUT2D eigenvalue weighted by molar-refractivity contribution is 5.94. The average Bonchev–Trinajstić information content (AvgIpc) is 3.00. The highest BCUT2D eigenvalue weighted by Gasteiger charge is 2.34. The molecule has 1 aliphatic rings. The number of rotatable bonds is 3. The minimum atomic E-state index is -1.55. The van der Waals surface area contributed by atoms with Crippen molar-refractivity contribution < 1.29 is 18.0 Å². The highest BCUT2D eigenvalue weighted by Crippen LogP contribution is 2.38. The number of benzene rings is 1. The van der Waals surface area contributed by atoms with Gasteiger partial charge in [-0.15, -0.1) is 0 Å². The summed E-state index contributed by atoms with van der Waals surface area (Å²) in [6.45, 7) is 2.64. The maximum atomic E-state index is 13.0. The number of halogens is 3. The zero-order valence-electron chi connectivity index (χ0n) is 10.2. The predicted molar refractivity (Wildman–Crippen MR) is 60.5 cm³/mol. The third-order valence-corrected chi connectivity index (χ3v) is 3.36. The van der Waals surface area contributed by atoms with Crippen molar-refractivity contribution in [2.45, 2.75) is 13.3 Å². The Kier molecular flexibility index (Phi) is 3.32. The van der Waals surface area contributed by atoms with Crippen molar-refractivity contribution >= 4 is 5.91 Å². The number of carbonyl (C=O) groups is 1. The van der Waals surface area contributed by atoms with Gasteiger partial charge in [-0.1, -0.05) is 6.92 Å². The van der Waals surface area contributed by atoms with Crippen LogP contribution in [-0.4, -0.2) is 24.4 Å². The molecule has 0 aromatic heterocycles. The maximum absolute atomic E-state index is 13.0. The first-order valence-electron chi connectivity index (χ1n) is 5.80. The molecule has 1 amide bonds. The van der Waals surface area contributed by atoms with E-state index >= 15 is 0 Å². The second-order valence-electron chi connectivity index (χ2n) is 4.91. The van der Waals surface area contributed by atoms with E-state index in [0.717, 1.165) is 18.6 Å². The molecule has 2 rings (SSSR count). The summed E-state index contributed by atoms with van der Waals surface area (Å²) in [6.07, 6.45) is 1.06. The molecule has 2 unspecified atom stereocenters. The Morgan fingerprint density at radius 3 is 2.28 bits per heavy atom. The number of nitrogens with zero attached hydrogens (tertiary/aromatic N) is 1. The van der Waals surface area contributed by atoms with Gasteiger partial charge in [0.25, 0.3) is 5.91 Å². The van der Waals surface area contributed by atoms with Crippen molar-refractivity contribution in [3.8, 4) is 0 Å². The van der Waals surface area contributed by atoms with Crippen LogP contribution in [0.2, 0.25) is 0 Å². The van der Waals surface area contributed by atoms with Crippen molar-refractivity contribution in [1.29, 1.82) is 0 Å². The van der Waals surface area contributed by atoms with Gasteiger partial charge in [-0.3, -0.25) is 4.79 Å². The van der Waals surface area contributed by atoms with Gasteiger partial charge in [0, 0.05) is 19.2 Å². The van der Waals surface area contributed by atoms with Gasteiger partial charge in [0.2, 0.25) is 0 Å². The van der Waals surface area contributed by atoms with Crippen molar-refractivity contribution in [1.82, 2.24) is 4.90 Å². The van der Waals surface area contributed by atoms with Crippen LogP contribution in [-0.2, 0) is 0 Å². The lowest BCUT2D eigenvalue weighted by Crippen LogP contribution is -2.29. The third kappa shape index (κ3) is 2.49. The van der Waals surface area contributed by atoms with Crippen molar-refractivity contribution in [3.63, 3.8) is 0 Å². The first-order chi connectivity index (χ1) is 8.40. The van der Waals surface area contributed by atoms with Crippen LogP contribution in [0, 0.1) is 29.3 Å². The molecule has 1 aromatic rings. The number of amides is 1. The second-order valence-corrected chi connectivity index (χ2v) is 4.91. The molecule has 1 aliphatic carbocycles. The highest BCUT2D eigenvalue weighted by atomic mass is 19.2. The molecule has 5 heteroatoms. The van der Waals surface area contributed by atoms with Crippen LogP contribution in [0.1, 0.15) is 23.7 Å². The summed E-state index contributed by atoms with van der Waals surface area (Å²) in [7, 11) is 1.58. The minimum Gasteiger partial charge on any atom is -0.341 e. The molecule has 18 heavy (non-hydrogen) atoms. The van der Waals surface area contributed by atoms with Gasteiger partial charge in [-0.2, -0.15) is 0 Å². The molecule has 0 radical (unpaired) electrons. The molecular formula is C13H14F3NO. The summed E-state index contributed by atoms with van der Waals surface area (Å²) in [5.74, 6) is -3.69. The van der Waals surface area contributed by atoms with E-state index in [1.54, 1.807) is 7.05 Å². The fraction of sp³-hybridized carbons (Fsp3) is 0.462. The van der Waals surface area contributed by atoms with Gasteiger partial charge in [0.05, 0.1) is 0 Å². The summed E-state index contributed by atoms with van der Waals surface area (Å²) >= 11 is 0. The SMILES string of the molecule is CC1CC1CN(C)C(=O)c1cc(F)c(F)c(F)c1. The molecule has 1 aromatic carbocycles. The number of hydrogen-bond acceptors (Lipinski definition) is 1. The van der Waals surface area contributed by atoms with Crippen LogP contribution in [0.15, 0.2) is 12.1 Å². The molecule has 2 nitrogen and oxygen atoms in total. The van der Waals surface area contributed by atoms with E-state index in [2.05, 4.69) is 6.92 Å². The Labute approximate surface area is 103 Å². The Bertz CT molecular complexity index is 466. The van der Waals surface area contributed by atoms with Gasteiger partial charge in [-0.05, 0) is 30.4 Å².